The SMILES string of the molecule is Clc1ncc(CN2CCCC2C2CCCC2)s1. The molecule has 0 bridgehead atoms. The minimum Gasteiger partial charge on any atom is -0.295 e. The molecule has 3 rings (SSSR count). The summed E-state index contributed by atoms with van der Waals surface area (Å²) in [6.07, 6.45) is 10.5. The Labute approximate surface area is 112 Å². The van der Waals surface area contributed by atoms with E-state index >= 15 is 0 Å². The van der Waals surface area contributed by atoms with Crippen molar-refractivity contribution in [3.8, 4) is 0 Å². The van der Waals surface area contributed by atoms with Crippen LogP contribution in [0.25, 0.3) is 0 Å². The van der Waals surface area contributed by atoms with Crippen molar-refractivity contribution in [2.45, 2.75) is 51.1 Å². The summed E-state index contributed by atoms with van der Waals surface area (Å²) in [7, 11) is 0. The lowest BCUT2D eigenvalue weighted by atomic mass is 9.96. The first-order valence-electron chi connectivity index (χ1n) is 6.67. The van der Waals surface area contributed by atoms with Crippen LogP contribution in [-0.2, 0) is 6.54 Å². The van der Waals surface area contributed by atoms with E-state index in [1.165, 1.54) is 49.9 Å². The van der Waals surface area contributed by atoms with Gasteiger partial charge in [0.25, 0.3) is 0 Å². The lowest BCUT2D eigenvalue weighted by Crippen LogP contribution is -2.33. The standard InChI is InChI=1S/C13H19ClN2S/c14-13-15-8-11(17-13)9-16-7-3-6-12(16)10-4-1-2-5-10/h8,10,12H,1-7,9H2. The van der Waals surface area contributed by atoms with Crippen molar-refractivity contribution >= 4 is 22.9 Å². The van der Waals surface area contributed by atoms with Gasteiger partial charge in [-0.1, -0.05) is 24.4 Å². The lowest BCUT2D eigenvalue weighted by Gasteiger charge is -2.28. The molecule has 1 aromatic heterocycles. The van der Waals surface area contributed by atoms with Crippen molar-refractivity contribution in [3.05, 3.63) is 15.5 Å². The molecule has 2 heterocycles. The monoisotopic (exact) mass is 270 g/mol. The Morgan fingerprint density at radius 3 is 2.82 bits per heavy atom. The van der Waals surface area contributed by atoms with Gasteiger partial charge in [0.15, 0.2) is 4.47 Å². The zero-order valence-corrected chi connectivity index (χ0v) is 11.6. The molecule has 1 unspecified atom stereocenters. The molecular weight excluding hydrogens is 252 g/mol. The van der Waals surface area contributed by atoms with Crippen molar-refractivity contribution in [2.75, 3.05) is 6.54 Å². The van der Waals surface area contributed by atoms with Gasteiger partial charge in [0, 0.05) is 23.7 Å². The number of rotatable bonds is 3. The van der Waals surface area contributed by atoms with E-state index in [1.807, 2.05) is 6.20 Å². The van der Waals surface area contributed by atoms with Crippen LogP contribution in [0.3, 0.4) is 0 Å². The predicted molar refractivity (Wildman–Crippen MR) is 72.5 cm³/mol. The van der Waals surface area contributed by atoms with Crippen LogP contribution in [0, 0.1) is 5.92 Å². The highest BCUT2D eigenvalue weighted by Crippen LogP contribution is 2.36. The number of hydrogen-bond acceptors (Lipinski definition) is 3. The van der Waals surface area contributed by atoms with Crippen LogP contribution in [0.4, 0.5) is 0 Å². The molecule has 0 amide bonds. The number of hydrogen-bond donors (Lipinski definition) is 0. The molecule has 0 aromatic carbocycles. The van der Waals surface area contributed by atoms with E-state index in [2.05, 4.69) is 9.88 Å². The van der Waals surface area contributed by atoms with E-state index in [9.17, 15) is 0 Å². The van der Waals surface area contributed by atoms with Gasteiger partial charge in [-0.2, -0.15) is 0 Å². The topological polar surface area (TPSA) is 16.1 Å². The Bertz CT molecular complexity index is 373. The Morgan fingerprint density at radius 1 is 1.29 bits per heavy atom. The van der Waals surface area contributed by atoms with Gasteiger partial charge in [-0.3, -0.25) is 4.90 Å². The number of thiazole rings is 1. The van der Waals surface area contributed by atoms with E-state index < -0.39 is 0 Å². The fourth-order valence-electron chi connectivity index (χ4n) is 3.48. The van der Waals surface area contributed by atoms with E-state index in [-0.39, 0.29) is 0 Å². The second-order valence-corrected chi connectivity index (χ2v) is 7.00. The molecule has 1 aromatic rings. The highest BCUT2D eigenvalue weighted by atomic mass is 35.5. The van der Waals surface area contributed by atoms with Gasteiger partial charge in [0.1, 0.15) is 0 Å². The molecule has 1 atom stereocenters. The molecule has 1 saturated carbocycles. The maximum atomic E-state index is 5.90. The normalized spacial score (nSPS) is 27.0. The average molecular weight is 271 g/mol. The Morgan fingerprint density at radius 2 is 2.12 bits per heavy atom. The predicted octanol–water partition coefficient (Wildman–Crippen LogP) is 3.95. The van der Waals surface area contributed by atoms with Crippen LogP contribution >= 0.6 is 22.9 Å². The molecule has 2 nitrogen and oxygen atoms in total. The van der Waals surface area contributed by atoms with E-state index in [4.69, 9.17) is 11.6 Å². The fourth-order valence-corrected chi connectivity index (χ4v) is 4.48. The fraction of sp³-hybridized carbons (Fsp3) is 0.769. The Balaban J connectivity index is 1.65. The van der Waals surface area contributed by atoms with Crippen molar-refractivity contribution in [1.29, 1.82) is 0 Å². The van der Waals surface area contributed by atoms with E-state index in [1.54, 1.807) is 11.3 Å². The van der Waals surface area contributed by atoms with Crippen LogP contribution in [0.15, 0.2) is 6.20 Å². The third-order valence-electron chi connectivity index (χ3n) is 4.24. The summed E-state index contributed by atoms with van der Waals surface area (Å²) >= 11 is 7.53. The van der Waals surface area contributed by atoms with Gasteiger partial charge >= 0.3 is 0 Å². The molecular formula is C13H19ClN2S. The highest BCUT2D eigenvalue weighted by Gasteiger charge is 2.33. The molecule has 2 fully saturated rings. The summed E-state index contributed by atoms with van der Waals surface area (Å²) < 4.78 is 0.677. The molecule has 1 saturated heterocycles. The first-order valence-corrected chi connectivity index (χ1v) is 7.86. The molecule has 1 aliphatic heterocycles. The molecule has 94 valence electrons. The largest absolute Gasteiger partial charge is 0.295 e. The molecule has 0 radical (unpaired) electrons. The summed E-state index contributed by atoms with van der Waals surface area (Å²) in [6, 6.07) is 0.832. The third-order valence-corrected chi connectivity index (χ3v) is 5.34. The first-order chi connectivity index (χ1) is 8.33. The van der Waals surface area contributed by atoms with E-state index in [0.717, 1.165) is 18.5 Å². The molecule has 2 aliphatic rings. The summed E-state index contributed by atoms with van der Waals surface area (Å²) in [4.78, 5) is 8.12. The maximum Gasteiger partial charge on any atom is 0.183 e. The second kappa shape index (κ2) is 5.25. The molecule has 17 heavy (non-hydrogen) atoms. The van der Waals surface area contributed by atoms with Crippen molar-refractivity contribution in [1.82, 2.24) is 9.88 Å². The average Bonchev–Trinajstić information content (AvgIpc) is 3.00. The van der Waals surface area contributed by atoms with Crippen LogP contribution in [-0.4, -0.2) is 22.5 Å². The molecule has 0 N–H and O–H groups in total. The minimum absolute atomic E-state index is 0.677. The molecule has 0 spiro atoms. The first kappa shape index (κ1) is 11.9. The number of nitrogens with zero attached hydrogens (tertiary/aromatic N) is 2. The zero-order chi connectivity index (χ0) is 11.7. The summed E-state index contributed by atoms with van der Waals surface area (Å²) in [5.41, 5.74) is 0. The molecule has 4 heteroatoms. The number of likely N-dealkylation sites (tertiary alicyclic amines) is 1. The highest BCUT2D eigenvalue weighted by molar-refractivity contribution is 7.15. The van der Waals surface area contributed by atoms with Crippen molar-refractivity contribution in [2.24, 2.45) is 5.92 Å². The van der Waals surface area contributed by atoms with Crippen LogP contribution < -0.4 is 0 Å². The quantitative estimate of drug-likeness (QED) is 0.827. The van der Waals surface area contributed by atoms with Gasteiger partial charge in [0.2, 0.25) is 0 Å². The lowest BCUT2D eigenvalue weighted by molar-refractivity contribution is 0.184. The van der Waals surface area contributed by atoms with Gasteiger partial charge < -0.3 is 0 Å². The van der Waals surface area contributed by atoms with Gasteiger partial charge in [0.05, 0.1) is 0 Å². The van der Waals surface area contributed by atoms with Gasteiger partial charge in [-0.15, -0.1) is 11.3 Å². The van der Waals surface area contributed by atoms with E-state index in [0.29, 0.717) is 4.47 Å². The maximum absolute atomic E-state index is 5.90. The third kappa shape index (κ3) is 2.67. The van der Waals surface area contributed by atoms with Crippen molar-refractivity contribution < 1.29 is 0 Å². The second-order valence-electron chi connectivity index (χ2n) is 5.30. The van der Waals surface area contributed by atoms with Crippen LogP contribution in [0.1, 0.15) is 43.4 Å². The van der Waals surface area contributed by atoms with Crippen LogP contribution in [0.2, 0.25) is 4.47 Å². The number of aromatic nitrogens is 1. The van der Waals surface area contributed by atoms with Crippen molar-refractivity contribution in [3.63, 3.8) is 0 Å². The molecule has 1 aliphatic carbocycles. The van der Waals surface area contributed by atoms with Gasteiger partial charge in [-0.25, -0.2) is 4.98 Å². The summed E-state index contributed by atoms with van der Waals surface area (Å²) in [5.74, 6) is 0.959. The van der Waals surface area contributed by atoms with Crippen LogP contribution in [0.5, 0.6) is 0 Å². The minimum atomic E-state index is 0.677. The Hall–Kier alpha value is -0.120. The smallest absolute Gasteiger partial charge is 0.183 e. The zero-order valence-electron chi connectivity index (χ0n) is 10.1. The Kier molecular flexibility index (Phi) is 3.69. The summed E-state index contributed by atoms with van der Waals surface area (Å²) in [6.45, 7) is 2.32. The summed E-state index contributed by atoms with van der Waals surface area (Å²) in [5, 5.41) is 0. The number of halogens is 1. The van der Waals surface area contributed by atoms with Gasteiger partial charge in [-0.05, 0) is 38.1 Å².